The molecule has 0 radical (unpaired) electrons. The second-order valence-electron chi connectivity index (χ2n) is 10.8. The summed E-state index contributed by atoms with van der Waals surface area (Å²) in [6.45, 7) is 0.520. The number of hydrogen-bond donors (Lipinski definition) is 1. The Bertz CT molecular complexity index is 1550. The number of rotatable bonds is 5. The summed E-state index contributed by atoms with van der Waals surface area (Å²) >= 11 is 0.866. The summed E-state index contributed by atoms with van der Waals surface area (Å²) in [6.07, 6.45) is -11.5. The van der Waals surface area contributed by atoms with Crippen molar-refractivity contribution in [3.8, 4) is 0 Å². The van der Waals surface area contributed by atoms with Crippen molar-refractivity contribution in [1.82, 2.24) is 14.8 Å². The lowest BCUT2D eigenvalue weighted by Crippen LogP contribution is -2.43. The van der Waals surface area contributed by atoms with Crippen molar-refractivity contribution in [2.45, 2.75) is 55.6 Å². The maximum absolute atomic E-state index is 14.6. The van der Waals surface area contributed by atoms with Gasteiger partial charge in [-0.2, -0.15) is 31.4 Å². The summed E-state index contributed by atoms with van der Waals surface area (Å²) in [6, 6.07) is 17.6. The minimum absolute atomic E-state index is 0.113. The first-order valence-electron chi connectivity index (χ1n) is 13.7. The van der Waals surface area contributed by atoms with E-state index in [0.717, 1.165) is 27.8 Å². The van der Waals surface area contributed by atoms with Crippen LogP contribution >= 0.6 is 11.3 Å². The monoisotopic (exact) mass is 620 g/mol. The van der Waals surface area contributed by atoms with Crippen LogP contribution in [0.1, 0.15) is 64.5 Å². The van der Waals surface area contributed by atoms with E-state index in [0.29, 0.717) is 12.8 Å². The Morgan fingerprint density at radius 1 is 0.907 bits per heavy atom. The number of alkyl halides is 6. The Hall–Kier alpha value is -3.71. The van der Waals surface area contributed by atoms with Crippen LogP contribution in [0.3, 0.4) is 0 Å². The van der Waals surface area contributed by atoms with Crippen molar-refractivity contribution in [2.75, 3.05) is 18.0 Å². The molecule has 1 fully saturated rings. The second kappa shape index (κ2) is 11.1. The molecular weight excluding hydrogens is 594 g/mol. The molecule has 1 saturated heterocycles. The lowest BCUT2D eigenvalue weighted by atomic mass is 9.78. The minimum atomic E-state index is -4.92. The maximum Gasteiger partial charge on any atom is 0.434 e. The van der Waals surface area contributed by atoms with Crippen LogP contribution in [-0.4, -0.2) is 51.0 Å². The largest absolute Gasteiger partial charge is 0.434 e. The molecule has 1 N–H and O–H groups in total. The van der Waals surface area contributed by atoms with Crippen molar-refractivity contribution < 1.29 is 36.2 Å². The molecule has 2 atom stereocenters. The molecule has 43 heavy (non-hydrogen) atoms. The highest BCUT2D eigenvalue weighted by molar-refractivity contribution is 7.13. The van der Waals surface area contributed by atoms with Crippen molar-refractivity contribution in [3.63, 3.8) is 0 Å². The SMILES string of the molecule is O=C1Cc2c(c(C3CCN(c4nc(C(F)(F)F)cs4)CC3)nn2C(c2ccccc2)c2ccccc2)[C@@H](C(F)(F)F)[C@H]1O. The molecule has 3 heterocycles. The standard InChI is InChI=1S/C30H26F6N4O2S/c31-29(32,33)22-16-43-28(37-22)39-13-11-17(12-14-39)25-23-20(15-21(41)27(42)24(23)30(34,35)36)40(38-25)26(18-7-3-1-4-8-18)19-9-5-2-6-10-19/h1-10,16-17,24,26-27,42H,11-15H2/t24-,27+/m1/s1. The zero-order valence-electron chi connectivity index (χ0n) is 22.5. The van der Waals surface area contributed by atoms with Crippen LogP contribution in [0.25, 0.3) is 0 Å². The van der Waals surface area contributed by atoms with Crippen molar-refractivity contribution >= 4 is 22.3 Å². The number of piperidine rings is 1. The van der Waals surface area contributed by atoms with Gasteiger partial charge in [-0.3, -0.25) is 9.48 Å². The van der Waals surface area contributed by atoms with Crippen LogP contribution in [0, 0.1) is 0 Å². The number of thiazole rings is 1. The highest BCUT2D eigenvalue weighted by atomic mass is 32.1. The smallest absolute Gasteiger partial charge is 0.384 e. The predicted molar refractivity (Wildman–Crippen MR) is 147 cm³/mol. The summed E-state index contributed by atoms with van der Waals surface area (Å²) in [5, 5.41) is 16.5. The number of carbonyl (C=O) groups excluding carboxylic acids is 1. The summed E-state index contributed by atoms with van der Waals surface area (Å²) in [4.78, 5) is 18.2. The Morgan fingerprint density at radius 3 is 2.00 bits per heavy atom. The van der Waals surface area contributed by atoms with E-state index in [-0.39, 0.29) is 35.2 Å². The Labute approximate surface area is 246 Å². The van der Waals surface area contributed by atoms with E-state index in [9.17, 15) is 36.2 Å². The number of aliphatic hydroxyl groups excluding tert-OH is 1. The average Bonchev–Trinajstić information content (AvgIpc) is 3.61. The first-order valence-corrected chi connectivity index (χ1v) is 14.6. The Balaban J connectivity index is 1.44. The summed E-state index contributed by atoms with van der Waals surface area (Å²) in [7, 11) is 0. The number of hydrogen-bond acceptors (Lipinski definition) is 6. The van der Waals surface area contributed by atoms with E-state index in [1.54, 1.807) is 4.90 Å². The van der Waals surface area contributed by atoms with E-state index in [4.69, 9.17) is 5.10 Å². The highest BCUT2D eigenvalue weighted by Crippen LogP contribution is 2.48. The molecule has 2 aromatic carbocycles. The van der Waals surface area contributed by atoms with Gasteiger partial charge in [-0.1, -0.05) is 60.7 Å². The van der Waals surface area contributed by atoms with Crippen LogP contribution in [0.5, 0.6) is 0 Å². The third kappa shape index (κ3) is 5.55. The van der Waals surface area contributed by atoms with Crippen LogP contribution in [0.2, 0.25) is 0 Å². The molecule has 6 nitrogen and oxygen atoms in total. The fourth-order valence-corrected chi connectivity index (χ4v) is 7.00. The zero-order valence-corrected chi connectivity index (χ0v) is 23.3. The van der Waals surface area contributed by atoms with E-state index in [1.807, 2.05) is 60.7 Å². The minimum Gasteiger partial charge on any atom is -0.384 e. The van der Waals surface area contributed by atoms with Crippen molar-refractivity contribution in [2.24, 2.45) is 0 Å². The number of aliphatic hydroxyl groups is 1. The maximum atomic E-state index is 14.6. The van der Waals surface area contributed by atoms with Crippen LogP contribution < -0.4 is 4.90 Å². The molecule has 13 heteroatoms. The van der Waals surface area contributed by atoms with Gasteiger partial charge in [-0.15, -0.1) is 11.3 Å². The van der Waals surface area contributed by atoms with Gasteiger partial charge >= 0.3 is 12.4 Å². The van der Waals surface area contributed by atoms with Gasteiger partial charge in [0.15, 0.2) is 16.6 Å². The quantitative estimate of drug-likeness (QED) is 0.258. The first-order chi connectivity index (χ1) is 20.4. The predicted octanol–water partition coefficient (Wildman–Crippen LogP) is 6.51. The van der Waals surface area contributed by atoms with Gasteiger partial charge in [0, 0.05) is 30.0 Å². The average molecular weight is 621 g/mol. The summed E-state index contributed by atoms with van der Waals surface area (Å²) in [5.41, 5.74) is 0.627. The second-order valence-corrected chi connectivity index (χ2v) is 11.6. The van der Waals surface area contributed by atoms with Gasteiger partial charge in [0.05, 0.1) is 17.8 Å². The Kier molecular flexibility index (Phi) is 7.57. The summed E-state index contributed by atoms with van der Waals surface area (Å²) in [5.74, 6) is -3.85. The Morgan fingerprint density at radius 2 is 1.49 bits per heavy atom. The molecule has 6 rings (SSSR count). The number of benzene rings is 2. The lowest BCUT2D eigenvalue weighted by Gasteiger charge is -2.34. The normalized spacial score (nSPS) is 20.1. The van der Waals surface area contributed by atoms with Crippen molar-refractivity contribution in [3.05, 3.63) is 99.8 Å². The van der Waals surface area contributed by atoms with E-state index in [2.05, 4.69) is 4.98 Å². The topological polar surface area (TPSA) is 71.2 Å². The lowest BCUT2D eigenvalue weighted by molar-refractivity contribution is -0.179. The molecule has 0 unspecified atom stereocenters. The number of nitrogens with zero attached hydrogens (tertiary/aromatic N) is 4. The molecule has 226 valence electrons. The number of aromatic nitrogens is 3. The number of Topliss-reactive ketones (excluding diaryl/α,β-unsaturated/α-hetero) is 1. The van der Waals surface area contributed by atoms with Gasteiger partial charge in [0.25, 0.3) is 0 Å². The molecule has 0 amide bonds. The molecule has 1 aliphatic heterocycles. The van der Waals surface area contributed by atoms with Crippen LogP contribution in [-0.2, 0) is 17.4 Å². The van der Waals surface area contributed by atoms with Crippen LogP contribution in [0.4, 0.5) is 31.5 Å². The molecule has 0 saturated carbocycles. The number of fused-ring (bicyclic) bond motifs is 1. The fourth-order valence-electron chi connectivity index (χ4n) is 6.12. The van der Waals surface area contributed by atoms with Gasteiger partial charge in [0.1, 0.15) is 18.1 Å². The molecule has 2 aromatic heterocycles. The zero-order chi connectivity index (χ0) is 30.5. The van der Waals surface area contributed by atoms with E-state index >= 15 is 0 Å². The molecule has 1 aliphatic carbocycles. The first kappa shape index (κ1) is 29.4. The summed E-state index contributed by atoms with van der Waals surface area (Å²) < 4.78 is 84.5. The highest BCUT2D eigenvalue weighted by Gasteiger charge is 2.54. The molecule has 4 aromatic rings. The van der Waals surface area contributed by atoms with Gasteiger partial charge < -0.3 is 10.0 Å². The number of carbonyl (C=O) groups is 1. The molecule has 0 bridgehead atoms. The van der Waals surface area contributed by atoms with Crippen LogP contribution in [0.15, 0.2) is 66.0 Å². The molecule has 0 spiro atoms. The van der Waals surface area contributed by atoms with Gasteiger partial charge in [-0.05, 0) is 24.0 Å². The third-order valence-corrected chi connectivity index (χ3v) is 9.04. The number of halogens is 6. The third-order valence-electron chi connectivity index (χ3n) is 8.14. The number of ketones is 1. The fraction of sp³-hybridized carbons (Fsp3) is 0.367. The van der Waals surface area contributed by atoms with E-state index in [1.165, 1.54) is 4.68 Å². The van der Waals surface area contributed by atoms with Gasteiger partial charge in [-0.25, -0.2) is 4.98 Å². The van der Waals surface area contributed by atoms with Crippen molar-refractivity contribution in [1.29, 1.82) is 0 Å². The van der Waals surface area contributed by atoms with E-state index < -0.39 is 54.2 Å². The molecule has 2 aliphatic rings. The molecular formula is C30H26F6N4O2S. The number of anilines is 1. The van der Waals surface area contributed by atoms with Gasteiger partial charge in [0.2, 0.25) is 0 Å².